The number of carbonyl (C=O) groups is 2. The number of likely N-dealkylation sites (N-methyl/N-ethyl adjacent to an activating group) is 1. The number of urea groups is 1. The molecule has 3 amide bonds. The molecule has 0 saturated carbocycles. The first kappa shape index (κ1) is 17.0. The fourth-order valence-electron chi connectivity index (χ4n) is 2.49. The number of benzene rings is 2. The summed E-state index contributed by atoms with van der Waals surface area (Å²) in [6.07, 6.45) is 1.63. The van der Waals surface area contributed by atoms with Gasteiger partial charge in [0.2, 0.25) is 0 Å². The maximum atomic E-state index is 12.2. The summed E-state index contributed by atoms with van der Waals surface area (Å²) in [6.45, 7) is 2.46. The van der Waals surface area contributed by atoms with Crippen LogP contribution in [0.3, 0.4) is 0 Å². The molecule has 0 aliphatic carbocycles. The molecular weight excluding hydrogens is 340 g/mol. The summed E-state index contributed by atoms with van der Waals surface area (Å²) in [5.41, 5.74) is 1.95. The number of carbonyl (C=O) groups excluding carboxylic acids is 2. The van der Waals surface area contributed by atoms with Crippen LogP contribution in [-0.4, -0.2) is 23.4 Å². The van der Waals surface area contributed by atoms with Crippen LogP contribution in [0.25, 0.3) is 6.08 Å². The molecule has 2 aromatic rings. The zero-order valence-electron chi connectivity index (χ0n) is 13.7. The molecule has 6 heteroatoms. The van der Waals surface area contributed by atoms with E-state index in [4.69, 9.17) is 16.3 Å². The number of hydrogen-bond acceptors (Lipinski definition) is 3. The van der Waals surface area contributed by atoms with Crippen LogP contribution in [0.1, 0.15) is 18.1 Å². The number of ether oxygens (including phenoxy) is 1. The first-order valence-corrected chi connectivity index (χ1v) is 8.27. The predicted octanol–water partition coefficient (Wildman–Crippen LogP) is 3.83. The number of rotatable bonds is 5. The van der Waals surface area contributed by atoms with Crippen molar-refractivity contribution in [2.45, 2.75) is 13.5 Å². The van der Waals surface area contributed by atoms with Gasteiger partial charge in [0, 0.05) is 17.1 Å². The lowest BCUT2D eigenvalue weighted by molar-refractivity contribution is -0.122. The Kier molecular flexibility index (Phi) is 5.05. The number of nitrogens with zero attached hydrogens (tertiary/aromatic N) is 1. The van der Waals surface area contributed by atoms with Crippen molar-refractivity contribution >= 4 is 29.6 Å². The van der Waals surface area contributed by atoms with E-state index in [9.17, 15) is 9.59 Å². The molecule has 0 spiro atoms. The monoisotopic (exact) mass is 356 g/mol. The molecule has 1 fully saturated rings. The van der Waals surface area contributed by atoms with Crippen LogP contribution in [0.5, 0.6) is 5.75 Å². The van der Waals surface area contributed by atoms with Crippen LogP contribution >= 0.6 is 11.6 Å². The number of halogens is 1. The number of imide groups is 1. The van der Waals surface area contributed by atoms with Crippen molar-refractivity contribution in [3.8, 4) is 5.75 Å². The van der Waals surface area contributed by atoms with Gasteiger partial charge in [-0.15, -0.1) is 0 Å². The zero-order chi connectivity index (χ0) is 17.8. The van der Waals surface area contributed by atoms with Crippen LogP contribution in [-0.2, 0) is 11.4 Å². The third-order valence-corrected chi connectivity index (χ3v) is 4.06. The molecule has 0 atom stereocenters. The van der Waals surface area contributed by atoms with Crippen molar-refractivity contribution in [1.82, 2.24) is 10.2 Å². The van der Waals surface area contributed by atoms with Gasteiger partial charge in [0.25, 0.3) is 5.91 Å². The molecule has 0 aromatic heterocycles. The molecule has 3 rings (SSSR count). The Bertz CT molecular complexity index is 831. The second kappa shape index (κ2) is 7.40. The van der Waals surface area contributed by atoms with Gasteiger partial charge in [0.05, 0.1) is 0 Å². The van der Waals surface area contributed by atoms with E-state index in [-0.39, 0.29) is 11.6 Å². The molecule has 0 unspecified atom stereocenters. The molecule has 0 radical (unpaired) electrons. The quantitative estimate of drug-likeness (QED) is 0.654. The summed E-state index contributed by atoms with van der Waals surface area (Å²) in [6, 6.07) is 14.3. The Balaban J connectivity index is 1.79. The third kappa shape index (κ3) is 3.83. The van der Waals surface area contributed by atoms with Crippen LogP contribution < -0.4 is 10.1 Å². The van der Waals surface area contributed by atoms with Crippen molar-refractivity contribution in [1.29, 1.82) is 0 Å². The summed E-state index contributed by atoms with van der Waals surface area (Å²) in [7, 11) is 0. The second-order valence-corrected chi connectivity index (χ2v) is 5.93. The molecule has 1 saturated heterocycles. The van der Waals surface area contributed by atoms with E-state index in [1.807, 2.05) is 36.4 Å². The van der Waals surface area contributed by atoms with Crippen molar-refractivity contribution in [2.24, 2.45) is 0 Å². The number of amides is 3. The minimum atomic E-state index is -0.404. The molecule has 1 N–H and O–H groups in total. The van der Waals surface area contributed by atoms with Gasteiger partial charge in [-0.05, 0) is 36.8 Å². The predicted molar refractivity (Wildman–Crippen MR) is 96.1 cm³/mol. The Morgan fingerprint density at radius 1 is 1.12 bits per heavy atom. The minimum Gasteiger partial charge on any atom is -0.488 e. The van der Waals surface area contributed by atoms with Crippen molar-refractivity contribution in [2.75, 3.05) is 6.54 Å². The first-order chi connectivity index (χ1) is 12.1. The highest BCUT2D eigenvalue weighted by atomic mass is 35.5. The third-order valence-electron chi connectivity index (χ3n) is 3.80. The van der Waals surface area contributed by atoms with Gasteiger partial charge in [-0.2, -0.15) is 0 Å². The summed E-state index contributed by atoms with van der Waals surface area (Å²) in [5.74, 6) is 0.293. The van der Waals surface area contributed by atoms with Crippen molar-refractivity contribution in [3.05, 3.63) is 70.4 Å². The average Bonchev–Trinajstić information content (AvgIpc) is 2.88. The molecular formula is C19H17ClN2O3. The normalized spacial score (nSPS) is 15.6. The highest BCUT2D eigenvalue weighted by molar-refractivity contribution is 6.30. The maximum Gasteiger partial charge on any atom is 0.328 e. The van der Waals surface area contributed by atoms with Gasteiger partial charge in [-0.25, -0.2) is 4.79 Å². The summed E-state index contributed by atoms with van der Waals surface area (Å²) >= 11 is 5.88. The molecule has 128 valence electrons. The topological polar surface area (TPSA) is 58.6 Å². The molecule has 0 bridgehead atoms. The van der Waals surface area contributed by atoms with Crippen LogP contribution in [0, 0.1) is 0 Å². The van der Waals surface area contributed by atoms with Crippen molar-refractivity contribution in [3.63, 3.8) is 0 Å². The largest absolute Gasteiger partial charge is 0.488 e. The van der Waals surface area contributed by atoms with Gasteiger partial charge in [-0.1, -0.05) is 41.9 Å². The lowest BCUT2D eigenvalue weighted by atomic mass is 10.1. The minimum absolute atomic E-state index is 0.245. The summed E-state index contributed by atoms with van der Waals surface area (Å²) in [4.78, 5) is 25.1. The highest BCUT2D eigenvalue weighted by Crippen LogP contribution is 2.24. The van der Waals surface area contributed by atoms with Gasteiger partial charge in [-0.3, -0.25) is 9.69 Å². The van der Waals surface area contributed by atoms with E-state index in [1.165, 1.54) is 0 Å². The lowest BCUT2D eigenvalue weighted by Crippen LogP contribution is -2.30. The fourth-order valence-corrected chi connectivity index (χ4v) is 2.61. The molecule has 2 aromatic carbocycles. The maximum absolute atomic E-state index is 12.2. The summed E-state index contributed by atoms with van der Waals surface area (Å²) < 4.78 is 5.86. The molecule has 5 nitrogen and oxygen atoms in total. The van der Waals surface area contributed by atoms with E-state index >= 15 is 0 Å². The smallest absolute Gasteiger partial charge is 0.328 e. The van der Waals surface area contributed by atoms with Crippen LogP contribution in [0.15, 0.2) is 54.2 Å². The first-order valence-electron chi connectivity index (χ1n) is 7.89. The van der Waals surface area contributed by atoms with Gasteiger partial charge in [0.15, 0.2) is 0 Å². The number of hydrogen-bond donors (Lipinski definition) is 1. The van der Waals surface area contributed by atoms with Gasteiger partial charge < -0.3 is 10.1 Å². The molecule has 25 heavy (non-hydrogen) atoms. The summed E-state index contributed by atoms with van der Waals surface area (Å²) in [5, 5.41) is 3.26. The Labute approximate surface area is 150 Å². The van der Waals surface area contributed by atoms with Gasteiger partial charge in [0.1, 0.15) is 18.1 Å². The van der Waals surface area contributed by atoms with Gasteiger partial charge >= 0.3 is 6.03 Å². The lowest BCUT2D eigenvalue weighted by Gasteiger charge is -2.10. The van der Waals surface area contributed by atoms with E-state index in [2.05, 4.69) is 5.32 Å². The Morgan fingerprint density at radius 2 is 1.84 bits per heavy atom. The second-order valence-electron chi connectivity index (χ2n) is 5.49. The molecule has 1 aliphatic heterocycles. The van der Waals surface area contributed by atoms with Crippen LogP contribution in [0.4, 0.5) is 4.79 Å². The highest BCUT2D eigenvalue weighted by Gasteiger charge is 2.32. The van der Waals surface area contributed by atoms with Crippen molar-refractivity contribution < 1.29 is 14.3 Å². The SMILES string of the molecule is CCN1C(=O)N/C(=C/c2ccccc2OCc2ccc(Cl)cc2)C1=O. The Hall–Kier alpha value is -2.79. The Morgan fingerprint density at radius 3 is 2.52 bits per heavy atom. The molecule has 1 aliphatic rings. The number of para-hydroxylation sites is 1. The average molecular weight is 357 g/mol. The number of nitrogens with one attached hydrogen (secondary N) is 1. The fraction of sp³-hybridized carbons (Fsp3) is 0.158. The van der Waals surface area contributed by atoms with E-state index < -0.39 is 6.03 Å². The van der Waals surface area contributed by atoms with E-state index in [1.54, 1.807) is 25.1 Å². The van der Waals surface area contributed by atoms with E-state index in [0.717, 1.165) is 16.0 Å². The zero-order valence-corrected chi connectivity index (χ0v) is 14.4. The van der Waals surface area contributed by atoms with Crippen LogP contribution in [0.2, 0.25) is 5.02 Å². The van der Waals surface area contributed by atoms with E-state index in [0.29, 0.717) is 23.9 Å². The standard InChI is InChI=1S/C19H17ClN2O3/c1-2-22-18(23)16(21-19(22)24)11-14-5-3-4-6-17(14)25-12-13-7-9-15(20)10-8-13/h3-11H,2,12H2,1H3,(H,21,24)/b16-11+. The molecule has 1 heterocycles.